The maximum atomic E-state index is 12.3. The van der Waals surface area contributed by atoms with Crippen molar-refractivity contribution in [2.24, 2.45) is 0 Å². The fourth-order valence-corrected chi connectivity index (χ4v) is 9.77. The summed E-state index contributed by atoms with van der Waals surface area (Å²) in [6.45, 7) is 4.19. The van der Waals surface area contributed by atoms with E-state index in [1.807, 2.05) is 0 Å². The van der Waals surface area contributed by atoms with Gasteiger partial charge in [0.05, 0.1) is 6.61 Å². The molecule has 0 aliphatic carbocycles. The molecule has 0 aromatic carbocycles. The molecule has 1 unspecified atom stereocenters. The third kappa shape index (κ3) is 58.8. The van der Waals surface area contributed by atoms with Crippen LogP contribution in [0.2, 0.25) is 0 Å². The summed E-state index contributed by atoms with van der Waals surface area (Å²) in [7, 11) is 0. The van der Waals surface area contributed by atoms with Crippen molar-refractivity contribution in [3.63, 3.8) is 0 Å². The molecule has 1 atom stereocenters. The van der Waals surface area contributed by atoms with Gasteiger partial charge in [0.15, 0.2) is 6.10 Å². The van der Waals surface area contributed by atoms with Gasteiger partial charge in [0.1, 0.15) is 6.61 Å². The Kier molecular flexibility index (Phi) is 59.3. The minimum absolute atomic E-state index is 0.0605. The second-order valence-electron chi connectivity index (χ2n) is 21.5. The van der Waals surface area contributed by atoms with Crippen LogP contribution in [-0.2, 0) is 19.1 Å². The summed E-state index contributed by atoms with van der Waals surface area (Å²) in [5, 5.41) is 9.67. The molecule has 0 aliphatic heterocycles. The molecule has 408 valence electrons. The summed E-state index contributed by atoms with van der Waals surface area (Å²) in [5.41, 5.74) is 0. The highest BCUT2D eigenvalue weighted by molar-refractivity contribution is 5.70. The van der Waals surface area contributed by atoms with Crippen LogP contribution in [0.15, 0.2) is 24.3 Å². The highest BCUT2D eigenvalue weighted by Crippen LogP contribution is 2.18. The summed E-state index contributed by atoms with van der Waals surface area (Å²) in [4.78, 5) is 24.6. The lowest BCUT2D eigenvalue weighted by Crippen LogP contribution is -2.28. The number of unbranched alkanes of at least 4 members (excludes halogenated alkanes) is 47. The molecule has 69 heavy (non-hydrogen) atoms. The van der Waals surface area contributed by atoms with Crippen molar-refractivity contribution < 1.29 is 24.2 Å². The number of aliphatic hydroxyl groups is 1. The Morgan fingerprint density at radius 1 is 0.333 bits per heavy atom. The molecule has 0 bridgehead atoms. The molecule has 0 heterocycles. The van der Waals surface area contributed by atoms with Gasteiger partial charge in [0.2, 0.25) is 0 Å². The molecule has 0 saturated carbocycles. The zero-order valence-corrected chi connectivity index (χ0v) is 46.9. The van der Waals surface area contributed by atoms with Crippen LogP contribution < -0.4 is 0 Å². The Hall–Kier alpha value is -1.62. The molecule has 0 radical (unpaired) electrons. The van der Waals surface area contributed by atoms with Crippen molar-refractivity contribution in [3.8, 4) is 0 Å². The Morgan fingerprint density at radius 3 is 0.855 bits per heavy atom. The largest absolute Gasteiger partial charge is 0.462 e. The van der Waals surface area contributed by atoms with Gasteiger partial charge in [-0.15, -0.1) is 0 Å². The Balaban J connectivity index is 3.39. The molecule has 0 spiro atoms. The number of hydrogen-bond donors (Lipinski definition) is 1. The Bertz CT molecular complexity index is 1050. The number of hydrogen-bond acceptors (Lipinski definition) is 5. The van der Waals surface area contributed by atoms with Gasteiger partial charge in [-0.1, -0.05) is 321 Å². The predicted octanol–water partition coefficient (Wildman–Crippen LogP) is 21.3. The van der Waals surface area contributed by atoms with Crippen LogP contribution >= 0.6 is 0 Å². The summed E-state index contributed by atoms with van der Waals surface area (Å²) in [6.07, 6.45) is 77.6. The molecule has 0 aromatic heterocycles. The lowest BCUT2D eigenvalue weighted by Gasteiger charge is -2.15. The van der Waals surface area contributed by atoms with Crippen LogP contribution in [0.1, 0.15) is 354 Å². The second kappa shape index (κ2) is 60.7. The number of esters is 2. The zero-order chi connectivity index (χ0) is 49.9. The first-order valence-electron chi connectivity index (χ1n) is 31.4. The lowest BCUT2D eigenvalue weighted by atomic mass is 10.0. The molecule has 5 heteroatoms. The first-order valence-corrected chi connectivity index (χ1v) is 31.4. The van der Waals surface area contributed by atoms with Crippen LogP contribution in [0.3, 0.4) is 0 Å². The van der Waals surface area contributed by atoms with E-state index in [-0.39, 0.29) is 25.2 Å². The van der Waals surface area contributed by atoms with Crippen LogP contribution in [0, 0.1) is 0 Å². The van der Waals surface area contributed by atoms with Crippen LogP contribution in [0.4, 0.5) is 0 Å². The van der Waals surface area contributed by atoms with E-state index in [2.05, 4.69) is 38.2 Å². The SMILES string of the molecule is CCCCCCC/C=C\C/C=C\CCCCCCCCCCCCCC(=O)OC(CO)COC(=O)CCCCCCCCCCCCCCCCCCCCCCCCCCCCCCCCCC. The summed E-state index contributed by atoms with van der Waals surface area (Å²) in [6, 6.07) is 0. The molecule has 0 aliphatic rings. The predicted molar refractivity (Wildman–Crippen MR) is 302 cm³/mol. The van der Waals surface area contributed by atoms with Crippen LogP contribution in [0.25, 0.3) is 0 Å². The van der Waals surface area contributed by atoms with E-state index >= 15 is 0 Å². The molecule has 5 nitrogen and oxygen atoms in total. The maximum Gasteiger partial charge on any atom is 0.306 e. The molecule has 0 amide bonds. The zero-order valence-electron chi connectivity index (χ0n) is 46.9. The van der Waals surface area contributed by atoms with E-state index in [1.165, 1.54) is 289 Å². The second-order valence-corrected chi connectivity index (χ2v) is 21.5. The lowest BCUT2D eigenvalue weighted by molar-refractivity contribution is -0.161. The van der Waals surface area contributed by atoms with Gasteiger partial charge in [-0.25, -0.2) is 0 Å². The third-order valence-electron chi connectivity index (χ3n) is 14.5. The number of aliphatic hydroxyl groups excluding tert-OH is 1. The highest BCUT2D eigenvalue weighted by atomic mass is 16.6. The van der Waals surface area contributed by atoms with E-state index in [0.717, 1.165) is 38.5 Å². The molecule has 0 saturated heterocycles. The van der Waals surface area contributed by atoms with E-state index < -0.39 is 6.10 Å². The topological polar surface area (TPSA) is 72.8 Å². The number of rotatable bonds is 59. The summed E-state index contributed by atoms with van der Waals surface area (Å²) < 4.78 is 10.7. The van der Waals surface area contributed by atoms with Crippen molar-refractivity contribution in [2.75, 3.05) is 13.2 Å². The van der Waals surface area contributed by atoms with Crippen molar-refractivity contribution in [2.45, 2.75) is 360 Å². The molecule has 0 fully saturated rings. The van der Waals surface area contributed by atoms with Gasteiger partial charge in [-0.2, -0.15) is 0 Å². The fraction of sp³-hybridized carbons (Fsp3) is 0.906. The number of allylic oxidation sites excluding steroid dienone is 4. The van der Waals surface area contributed by atoms with Crippen LogP contribution in [0.5, 0.6) is 0 Å². The molecular formula is C64H122O5. The number of carbonyl (C=O) groups is 2. The number of ether oxygens (including phenoxy) is 2. The van der Waals surface area contributed by atoms with Gasteiger partial charge in [0.25, 0.3) is 0 Å². The molecule has 1 N–H and O–H groups in total. The third-order valence-corrected chi connectivity index (χ3v) is 14.5. The highest BCUT2D eigenvalue weighted by Gasteiger charge is 2.16. The van der Waals surface area contributed by atoms with Crippen molar-refractivity contribution in [1.29, 1.82) is 0 Å². The smallest absolute Gasteiger partial charge is 0.306 e. The van der Waals surface area contributed by atoms with Gasteiger partial charge >= 0.3 is 11.9 Å². The average Bonchev–Trinajstić information content (AvgIpc) is 3.35. The Labute approximate surface area is 432 Å². The van der Waals surface area contributed by atoms with Crippen molar-refractivity contribution >= 4 is 11.9 Å². The van der Waals surface area contributed by atoms with Gasteiger partial charge in [-0.05, 0) is 44.9 Å². The van der Waals surface area contributed by atoms with E-state index in [1.54, 1.807) is 0 Å². The van der Waals surface area contributed by atoms with Crippen molar-refractivity contribution in [1.82, 2.24) is 0 Å². The van der Waals surface area contributed by atoms with Crippen LogP contribution in [-0.4, -0.2) is 36.4 Å². The average molecular weight is 972 g/mol. The fourth-order valence-electron chi connectivity index (χ4n) is 9.77. The molecular weight excluding hydrogens is 849 g/mol. The Morgan fingerprint density at radius 2 is 0.580 bits per heavy atom. The van der Waals surface area contributed by atoms with Crippen molar-refractivity contribution in [3.05, 3.63) is 24.3 Å². The van der Waals surface area contributed by atoms with E-state index in [0.29, 0.717) is 12.8 Å². The monoisotopic (exact) mass is 971 g/mol. The van der Waals surface area contributed by atoms with Gasteiger partial charge in [-0.3, -0.25) is 9.59 Å². The normalized spacial score (nSPS) is 12.2. The first-order chi connectivity index (χ1) is 34.1. The number of carbonyl (C=O) groups excluding carboxylic acids is 2. The van der Waals surface area contributed by atoms with Gasteiger partial charge < -0.3 is 14.6 Å². The maximum absolute atomic E-state index is 12.3. The standard InChI is InChI=1S/C64H122O5/c1-3-5-7-9-11-13-15-17-19-21-23-25-27-28-29-30-31-32-33-34-35-37-38-40-42-44-46-48-50-52-54-56-58-63(66)68-61-62(60-65)69-64(67)59-57-55-53-51-49-47-45-43-41-39-36-26-24-22-20-18-16-14-12-10-8-6-4-2/h16,18,22,24,62,65H,3-15,17,19-21,23,25-61H2,1-2H3/b18-16-,24-22-. The molecule has 0 aromatic rings. The summed E-state index contributed by atoms with van der Waals surface area (Å²) in [5.74, 6) is -0.572. The quantitative estimate of drug-likeness (QED) is 0.0373. The molecule has 0 rings (SSSR count). The van der Waals surface area contributed by atoms with E-state index in [9.17, 15) is 14.7 Å². The first kappa shape index (κ1) is 67.4. The summed E-state index contributed by atoms with van der Waals surface area (Å²) >= 11 is 0. The minimum Gasteiger partial charge on any atom is -0.462 e. The minimum atomic E-state index is -0.770. The van der Waals surface area contributed by atoms with Gasteiger partial charge in [0, 0.05) is 12.8 Å². The van der Waals surface area contributed by atoms with E-state index in [4.69, 9.17) is 9.47 Å².